The summed E-state index contributed by atoms with van der Waals surface area (Å²) in [5.41, 5.74) is 3.76. The van der Waals surface area contributed by atoms with Gasteiger partial charge in [0.15, 0.2) is 11.5 Å². The summed E-state index contributed by atoms with van der Waals surface area (Å²) in [6, 6.07) is 26.7. The van der Waals surface area contributed by atoms with E-state index in [1.54, 1.807) is 24.1 Å². The Bertz CT molecular complexity index is 1390. The van der Waals surface area contributed by atoms with Gasteiger partial charge in [-0.25, -0.2) is 4.39 Å². The second kappa shape index (κ2) is 10.6. The van der Waals surface area contributed by atoms with E-state index in [1.807, 2.05) is 73.7 Å². The van der Waals surface area contributed by atoms with Crippen molar-refractivity contribution >= 4 is 17.3 Å². The molecule has 37 heavy (non-hydrogen) atoms. The number of ether oxygens (including phenoxy) is 3. The average molecular weight is 499 g/mol. The number of methoxy groups -OCH3 is 1. The molecule has 0 bridgehead atoms. The van der Waals surface area contributed by atoms with Crippen LogP contribution >= 0.6 is 0 Å². The maximum atomic E-state index is 13.7. The molecule has 1 unspecified atom stereocenters. The summed E-state index contributed by atoms with van der Waals surface area (Å²) in [7, 11) is 1.61. The number of nitrogens with one attached hydrogen (secondary N) is 1. The second-order valence-electron chi connectivity index (χ2n) is 8.52. The number of halogens is 1. The molecule has 188 valence electrons. The van der Waals surface area contributed by atoms with Gasteiger partial charge in [-0.3, -0.25) is 9.69 Å². The average Bonchev–Trinajstić information content (AvgIpc) is 2.93. The molecule has 0 saturated heterocycles. The second-order valence-corrected chi connectivity index (χ2v) is 8.52. The Morgan fingerprint density at radius 2 is 1.65 bits per heavy atom. The normalized spacial score (nSPS) is 14.5. The zero-order valence-corrected chi connectivity index (χ0v) is 20.6. The van der Waals surface area contributed by atoms with Crippen LogP contribution in [0.15, 0.2) is 91.0 Å². The first kappa shape index (κ1) is 24.2. The van der Waals surface area contributed by atoms with E-state index < -0.39 is 6.17 Å². The minimum absolute atomic E-state index is 0.112. The summed E-state index contributed by atoms with van der Waals surface area (Å²) >= 11 is 0. The predicted molar refractivity (Wildman–Crippen MR) is 141 cm³/mol. The molecule has 4 aromatic carbocycles. The van der Waals surface area contributed by atoms with E-state index in [0.717, 1.165) is 22.5 Å². The van der Waals surface area contributed by atoms with Gasteiger partial charge < -0.3 is 19.5 Å². The predicted octanol–water partition coefficient (Wildman–Crippen LogP) is 6.58. The largest absolute Gasteiger partial charge is 0.497 e. The fourth-order valence-electron chi connectivity index (χ4n) is 4.32. The van der Waals surface area contributed by atoms with Crippen LogP contribution in [-0.2, 0) is 6.61 Å². The molecule has 0 radical (unpaired) electrons. The third-order valence-corrected chi connectivity index (χ3v) is 6.17. The number of hydrogen-bond acceptors (Lipinski definition) is 5. The maximum Gasteiger partial charge on any atom is 0.262 e. The molecule has 1 heterocycles. The molecule has 0 fully saturated rings. The van der Waals surface area contributed by atoms with Crippen LogP contribution in [-0.4, -0.2) is 19.6 Å². The number of anilines is 2. The van der Waals surface area contributed by atoms with Crippen molar-refractivity contribution < 1.29 is 23.4 Å². The molecule has 0 aromatic heterocycles. The van der Waals surface area contributed by atoms with Crippen molar-refractivity contribution in [2.24, 2.45) is 0 Å². The highest BCUT2D eigenvalue weighted by Crippen LogP contribution is 2.40. The van der Waals surface area contributed by atoms with Crippen molar-refractivity contribution in [3.05, 3.63) is 114 Å². The highest BCUT2D eigenvalue weighted by atomic mass is 19.1. The lowest BCUT2D eigenvalue weighted by molar-refractivity contribution is 0.0975. The number of rotatable bonds is 8. The Hall–Kier alpha value is -4.52. The molecule has 0 spiro atoms. The number of carbonyl (C=O) groups excluding carboxylic acids is 1. The van der Waals surface area contributed by atoms with Crippen LogP contribution < -0.4 is 24.4 Å². The molecular weight excluding hydrogens is 471 g/mol. The van der Waals surface area contributed by atoms with Gasteiger partial charge in [-0.15, -0.1) is 0 Å². The number of para-hydroxylation sites is 1. The summed E-state index contributed by atoms with van der Waals surface area (Å²) in [6.45, 7) is 2.61. The summed E-state index contributed by atoms with van der Waals surface area (Å²) < 4.78 is 30.5. The molecule has 7 heteroatoms. The topological polar surface area (TPSA) is 60.0 Å². The van der Waals surface area contributed by atoms with Gasteiger partial charge in [0.05, 0.1) is 19.3 Å². The Labute approximate surface area is 215 Å². The first-order chi connectivity index (χ1) is 18.1. The summed E-state index contributed by atoms with van der Waals surface area (Å²) in [4.78, 5) is 15.4. The van der Waals surface area contributed by atoms with E-state index in [4.69, 9.17) is 14.2 Å². The molecular formula is C30H27FN2O4. The number of fused-ring (bicyclic) bond motifs is 1. The first-order valence-corrected chi connectivity index (χ1v) is 12.0. The van der Waals surface area contributed by atoms with Gasteiger partial charge in [0.25, 0.3) is 5.91 Å². The maximum absolute atomic E-state index is 13.7. The molecule has 6 nitrogen and oxygen atoms in total. The molecule has 1 N–H and O–H groups in total. The van der Waals surface area contributed by atoms with E-state index in [1.165, 1.54) is 12.1 Å². The van der Waals surface area contributed by atoms with Gasteiger partial charge in [-0.05, 0) is 78.7 Å². The van der Waals surface area contributed by atoms with Gasteiger partial charge in [-0.2, -0.15) is 0 Å². The van der Waals surface area contributed by atoms with Crippen LogP contribution in [0.4, 0.5) is 15.8 Å². The lowest BCUT2D eigenvalue weighted by atomic mass is 10.0. The summed E-state index contributed by atoms with van der Waals surface area (Å²) in [5.74, 6) is 1.43. The van der Waals surface area contributed by atoms with Crippen LogP contribution in [0.1, 0.15) is 34.6 Å². The third-order valence-electron chi connectivity index (χ3n) is 6.17. The Morgan fingerprint density at radius 3 is 2.38 bits per heavy atom. The van der Waals surface area contributed by atoms with Gasteiger partial charge in [-0.1, -0.05) is 30.3 Å². The molecule has 0 saturated carbocycles. The van der Waals surface area contributed by atoms with Gasteiger partial charge in [0.2, 0.25) is 0 Å². The van der Waals surface area contributed by atoms with Crippen LogP contribution in [0.3, 0.4) is 0 Å². The number of hydrogen-bond donors (Lipinski definition) is 1. The standard InChI is InChI=1S/C30H27FN2O4/c1-3-36-28-18-21(10-17-27(28)37-19-20-8-11-22(31)12-9-20)29-32-26-7-5-4-6-25(26)30(34)33(29)23-13-15-24(35-2)16-14-23/h4-18,29,32H,3,19H2,1-2H3. The van der Waals surface area contributed by atoms with Crippen molar-refractivity contribution in [3.8, 4) is 17.2 Å². The molecule has 1 atom stereocenters. The van der Waals surface area contributed by atoms with Gasteiger partial charge >= 0.3 is 0 Å². The van der Waals surface area contributed by atoms with Crippen molar-refractivity contribution in [3.63, 3.8) is 0 Å². The third kappa shape index (κ3) is 5.07. The SMILES string of the molecule is CCOc1cc(C2Nc3ccccc3C(=O)N2c2ccc(OC)cc2)ccc1OCc1ccc(F)cc1. The highest BCUT2D eigenvalue weighted by molar-refractivity contribution is 6.12. The smallest absolute Gasteiger partial charge is 0.262 e. The van der Waals surface area contributed by atoms with Crippen LogP contribution in [0, 0.1) is 5.82 Å². The zero-order valence-electron chi connectivity index (χ0n) is 20.6. The molecule has 1 amide bonds. The number of benzene rings is 4. The molecule has 1 aliphatic heterocycles. The van der Waals surface area contributed by atoms with Gasteiger partial charge in [0.1, 0.15) is 24.3 Å². The van der Waals surface area contributed by atoms with E-state index in [0.29, 0.717) is 29.4 Å². The molecule has 1 aliphatic rings. The van der Waals surface area contributed by atoms with Crippen molar-refractivity contribution in [2.75, 3.05) is 23.9 Å². The summed E-state index contributed by atoms with van der Waals surface area (Å²) in [6.07, 6.45) is -0.485. The highest BCUT2D eigenvalue weighted by Gasteiger charge is 2.34. The fraction of sp³-hybridized carbons (Fsp3) is 0.167. The van der Waals surface area contributed by atoms with Crippen LogP contribution in [0.5, 0.6) is 17.2 Å². The number of carbonyl (C=O) groups is 1. The van der Waals surface area contributed by atoms with E-state index in [-0.39, 0.29) is 18.3 Å². The van der Waals surface area contributed by atoms with Crippen molar-refractivity contribution in [1.29, 1.82) is 0 Å². The Morgan fingerprint density at radius 1 is 0.892 bits per heavy atom. The monoisotopic (exact) mass is 498 g/mol. The molecule has 5 rings (SSSR count). The van der Waals surface area contributed by atoms with E-state index in [9.17, 15) is 9.18 Å². The quantitative estimate of drug-likeness (QED) is 0.297. The van der Waals surface area contributed by atoms with Crippen molar-refractivity contribution in [1.82, 2.24) is 0 Å². The van der Waals surface area contributed by atoms with Crippen LogP contribution in [0.25, 0.3) is 0 Å². The lowest BCUT2D eigenvalue weighted by Crippen LogP contribution is -2.43. The first-order valence-electron chi connectivity index (χ1n) is 12.0. The minimum atomic E-state index is -0.485. The van der Waals surface area contributed by atoms with E-state index >= 15 is 0 Å². The molecule has 0 aliphatic carbocycles. The molecule has 4 aromatic rings. The fourth-order valence-corrected chi connectivity index (χ4v) is 4.32. The summed E-state index contributed by atoms with van der Waals surface area (Å²) in [5, 5.41) is 3.51. The Balaban J connectivity index is 1.50. The van der Waals surface area contributed by atoms with E-state index in [2.05, 4.69) is 5.32 Å². The lowest BCUT2D eigenvalue weighted by Gasteiger charge is -2.38. The minimum Gasteiger partial charge on any atom is -0.497 e. The van der Waals surface area contributed by atoms with Crippen LogP contribution in [0.2, 0.25) is 0 Å². The van der Waals surface area contributed by atoms with Gasteiger partial charge in [0, 0.05) is 11.4 Å². The number of nitrogens with zero attached hydrogens (tertiary/aromatic N) is 1. The van der Waals surface area contributed by atoms with Crippen molar-refractivity contribution in [2.45, 2.75) is 19.7 Å². The zero-order chi connectivity index (χ0) is 25.8. The Kier molecular flexibility index (Phi) is 6.94. The number of amides is 1.